The molecular formula is C12H21N3O2S. The monoisotopic (exact) mass is 271 g/mol. The first-order chi connectivity index (χ1) is 8.47. The van der Waals surface area contributed by atoms with Crippen LogP contribution in [0.1, 0.15) is 24.8 Å². The number of hydrogen-bond acceptors (Lipinski definition) is 4. The van der Waals surface area contributed by atoms with Crippen LogP contribution in [0.15, 0.2) is 12.4 Å². The molecule has 1 aromatic rings. The van der Waals surface area contributed by atoms with Gasteiger partial charge < -0.3 is 5.32 Å². The zero-order chi connectivity index (χ0) is 13.2. The Morgan fingerprint density at radius 2 is 2.28 bits per heavy atom. The van der Waals surface area contributed by atoms with E-state index in [2.05, 4.69) is 10.4 Å². The Labute approximate surface area is 108 Å². The number of sulfone groups is 1. The average molecular weight is 271 g/mol. The maximum atomic E-state index is 11.6. The van der Waals surface area contributed by atoms with Crippen LogP contribution in [-0.2, 0) is 16.4 Å². The van der Waals surface area contributed by atoms with E-state index in [1.54, 1.807) is 0 Å². The molecule has 0 aliphatic heterocycles. The highest BCUT2D eigenvalue weighted by molar-refractivity contribution is 7.91. The van der Waals surface area contributed by atoms with Gasteiger partial charge in [0.25, 0.3) is 0 Å². The van der Waals surface area contributed by atoms with E-state index in [-0.39, 0.29) is 11.3 Å². The fraction of sp³-hybridized carbons (Fsp3) is 0.750. The van der Waals surface area contributed by atoms with E-state index in [9.17, 15) is 8.42 Å². The molecule has 2 unspecified atom stereocenters. The summed E-state index contributed by atoms with van der Waals surface area (Å²) in [6.45, 7) is 3.55. The topological polar surface area (TPSA) is 64.0 Å². The standard InChI is InChI=1S/C12H21N3O2S/c1-10-8-14-15(9-10)7-6-13-11-4-3-5-12(11)18(2,16)17/h8-9,11-13H,3-7H2,1-2H3. The minimum absolute atomic E-state index is 0.108. The van der Waals surface area contributed by atoms with Gasteiger partial charge in [-0.3, -0.25) is 4.68 Å². The SMILES string of the molecule is Cc1cnn(CCNC2CCCC2S(C)(=O)=O)c1. The van der Waals surface area contributed by atoms with Gasteiger partial charge in [0.05, 0.1) is 18.0 Å². The summed E-state index contributed by atoms with van der Waals surface area (Å²) in [5.41, 5.74) is 1.14. The van der Waals surface area contributed by atoms with Crippen molar-refractivity contribution in [3.63, 3.8) is 0 Å². The summed E-state index contributed by atoms with van der Waals surface area (Å²) in [6.07, 6.45) is 7.90. The minimum Gasteiger partial charge on any atom is -0.311 e. The van der Waals surface area contributed by atoms with Crippen LogP contribution < -0.4 is 5.32 Å². The molecule has 1 aliphatic rings. The molecule has 0 radical (unpaired) electrons. The molecule has 6 heteroatoms. The first-order valence-corrected chi connectivity index (χ1v) is 8.33. The third-order valence-corrected chi connectivity index (χ3v) is 5.18. The van der Waals surface area contributed by atoms with Crippen molar-refractivity contribution >= 4 is 9.84 Å². The van der Waals surface area contributed by atoms with Crippen molar-refractivity contribution in [2.75, 3.05) is 12.8 Å². The lowest BCUT2D eigenvalue weighted by Gasteiger charge is -2.19. The molecule has 2 atom stereocenters. The van der Waals surface area contributed by atoms with Gasteiger partial charge in [-0.2, -0.15) is 5.10 Å². The van der Waals surface area contributed by atoms with Crippen LogP contribution in [0.2, 0.25) is 0 Å². The van der Waals surface area contributed by atoms with E-state index < -0.39 is 9.84 Å². The zero-order valence-corrected chi connectivity index (χ0v) is 11.8. The smallest absolute Gasteiger partial charge is 0.151 e. The largest absolute Gasteiger partial charge is 0.311 e. The minimum atomic E-state index is -2.93. The van der Waals surface area contributed by atoms with Crippen molar-refractivity contribution in [1.29, 1.82) is 0 Å². The van der Waals surface area contributed by atoms with Crippen LogP contribution in [0.25, 0.3) is 0 Å². The normalized spacial score (nSPS) is 24.6. The summed E-state index contributed by atoms with van der Waals surface area (Å²) >= 11 is 0. The second-order valence-electron chi connectivity index (χ2n) is 5.14. The van der Waals surface area contributed by atoms with Crippen LogP contribution in [0.3, 0.4) is 0 Å². The lowest BCUT2D eigenvalue weighted by Crippen LogP contribution is -2.41. The Morgan fingerprint density at radius 3 is 2.89 bits per heavy atom. The number of rotatable bonds is 5. The summed E-state index contributed by atoms with van der Waals surface area (Å²) in [4.78, 5) is 0. The van der Waals surface area contributed by atoms with Crippen LogP contribution in [-0.4, -0.2) is 42.3 Å². The number of aromatic nitrogens is 2. The molecule has 5 nitrogen and oxygen atoms in total. The number of hydrogen-bond donors (Lipinski definition) is 1. The van der Waals surface area contributed by atoms with E-state index in [0.29, 0.717) is 0 Å². The Kier molecular flexibility index (Phi) is 4.07. The van der Waals surface area contributed by atoms with E-state index in [1.807, 2.05) is 24.0 Å². The van der Waals surface area contributed by atoms with Gasteiger partial charge in [-0.05, 0) is 25.3 Å². The summed E-state index contributed by atoms with van der Waals surface area (Å²) in [5.74, 6) is 0. The van der Waals surface area contributed by atoms with Gasteiger partial charge in [0.2, 0.25) is 0 Å². The Balaban J connectivity index is 1.83. The molecular weight excluding hydrogens is 250 g/mol. The number of nitrogens with zero attached hydrogens (tertiary/aromatic N) is 2. The van der Waals surface area contributed by atoms with Crippen LogP contribution >= 0.6 is 0 Å². The Bertz CT molecular complexity index is 495. The van der Waals surface area contributed by atoms with E-state index in [1.165, 1.54) is 6.26 Å². The Hall–Kier alpha value is -0.880. The van der Waals surface area contributed by atoms with Gasteiger partial charge in [-0.1, -0.05) is 6.42 Å². The summed E-state index contributed by atoms with van der Waals surface area (Å²) in [7, 11) is -2.93. The molecule has 2 rings (SSSR count). The first-order valence-electron chi connectivity index (χ1n) is 6.38. The molecule has 0 saturated heterocycles. The van der Waals surface area contributed by atoms with Gasteiger partial charge >= 0.3 is 0 Å². The molecule has 0 spiro atoms. The van der Waals surface area contributed by atoms with E-state index in [4.69, 9.17) is 0 Å². The molecule has 1 saturated carbocycles. The molecule has 1 fully saturated rings. The molecule has 1 aliphatic carbocycles. The number of nitrogens with one attached hydrogen (secondary N) is 1. The second kappa shape index (κ2) is 5.40. The predicted molar refractivity (Wildman–Crippen MR) is 71.2 cm³/mol. The maximum absolute atomic E-state index is 11.6. The summed E-state index contributed by atoms with van der Waals surface area (Å²) in [6, 6.07) is 0.108. The molecule has 1 aromatic heterocycles. The van der Waals surface area contributed by atoms with Crippen LogP contribution in [0.5, 0.6) is 0 Å². The lowest BCUT2D eigenvalue weighted by atomic mass is 10.2. The first kappa shape index (κ1) is 13.5. The highest BCUT2D eigenvalue weighted by Crippen LogP contribution is 2.24. The highest BCUT2D eigenvalue weighted by atomic mass is 32.2. The lowest BCUT2D eigenvalue weighted by molar-refractivity contribution is 0.474. The van der Waals surface area contributed by atoms with Crippen LogP contribution in [0.4, 0.5) is 0 Å². The van der Waals surface area contributed by atoms with Crippen molar-refractivity contribution < 1.29 is 8.42 Å². The van der Waals surface area contributed by atoms with Crippen molar-refractivity contribution in [2.24, 2.45) is 0 Å². The number of aryl methyl sites for hydroxylation is 1. The van der Waals surface area contributed by atoms with Gasteiger partial charge in [0, 0.05) is 25.0 Å². The molecule has 102 valence electrons. The Morgan fingerprint density at radius 1 is 1.50 bits per heavy atom. The fourth-order valence-electron chi connectivity index (χ4n) is 2.63. The van der Waals surface area contributed by atoms with E-state index in [0.717, 1.165) is 37.9 Å². The maximum Gasteiger partial charge on any atom is 0.151 e. The second-order valence-corrected chi connectivity index (χ2v) is 7.40. The van der Waals surface area contributed by atoms with Gasteiger partial charge in [0.1, 0.15) is 0 Å². The van der Waals surface area contributed by atoms with Crippen LogP contribution in [0, 0.1) is 6.92 Å². The molecule has 0 aromatic carbocycles. The summed E-state index contributed by atoms with van der Waals surface area (Å²) in [5, 5.41) is 7.35. The third-order valence-electron chi connectivity index (χ3n) is 3.51. The van der Waals surface area contributed by atoms with Gasteiger partial charge in [-0.25, -0.2) is 8.42 Å². The molecule has 0 amide bonds. The fourth-order valence-corrected chi connectivity index (χ4v) is 4.05. The average Bonchev–Trinajstić information content (AvgIpc) is 2.86. The quantitative estimate of drug-likeness (QED) is 0.858. The molecule has 1 heterocycles. The zero-order valence-electron chi connectivity index (χ0n) is 11.0. The van der Waals surface area contributed by atoms with Crippen molar-refractivity contribution in [2.45, 2.75) is 44.0 Å². The van der Waals surface area contributed by atoms with Gasteiger partial charge in [-0.15, -0.1) is 0 Å². The predicted octanol–water partition coefficient (Wildman–Crippen LogP) is 0.747. The van der Waals surface area contributed by atoms with Crippen molar-refractivity contribution in [3.8, 4) is 0 Å². The van der Waals surface area contributed by atoms with Crippen molar-refractivity contribution in [1.82, 2.24) is 15.1 Å². The molecule has 18 heavy (non-hydrogen) atoms. The molecule has 1 N–H and O–H groups in total. The highest BCUT2D eigenvalue weighted by Gasteiger charge is 2.34. The van der Waals surface area contributed by atoms with Gasteiger partial charge in [0.15, 0.2) is 9.84 Å². The molecule has 0 bridgehead atoms. The summed E-state index contributed by atoms with van der Waals surface area (Å²) < 4.78 is 25.1. The van der Waals surface area contributed by atoms with Crippen molar-refractivity contribution in [3.05, 3.63) is 18.0 Å². The third kappa shape index (κ3) is 3.32. The van der Waals surface area contributed by atoms with E-state index >= 15 is 0 Å².